The van der Waals surface area contributed by atoms with Crippen molar-refractivity contribution in [2.24, 2.45) is 5.92 Å². The highest BCUT2D eigenvalue weighted by atomic mass is 32.1. The molecule has 0 aromatic carbocycles. The molecule has 1 aromatic heterocycles. The number of thiazole rings is 1. The maximum Gasteiger partial charge on any atom is 0.320 e. The third-order valence-corrected chi connectivity index (χ3v) is 7.06. The topological polar surface area (TPSA) is 77.0 Å². The van der Waals surface area contributed by atoms with Gasteiger partial charge in [-0.2, -0.15) is 0 Å². The second kappa shape index (κ2) is 6.81. The first-order chi connectivity index (χ1) is 12.5. The zero-order valence-electron chi connectivity index (χ0n) is 15.2. The van der Waals surface area contributed by atoms with Gasteiger partial charge >= 0.3 is 6.03 Å². The Kier molecular flexibility index (Phi) is 4.64. The van der Waals surface area contributed by atoms with E-state index in [1.165, 1.54) is 11.3 Å². The first kappa shape index (κ1) is 17.7. The third-order valence-electron chi connectivity index (χ3n) is 6.14. The number of carbonyl (C=O) groups excluding carboxylic acids is 2. The molecule has 1 aromatic rings. The molecule has 4 heterocycles. The number of urea groups is 1. The minimum atomic E-state index is -0.763. The highest BCUT2D eigenvalue weighted by molar-refractivity contribution is 7.11. The molecule has 3 fully saturated rings. The Morgan fingerprint density at radius 2 is 1.77 bits per heavy atom. The maximum atomic E-state index is 12.8. The van der Waals surface area contributed by atoms with E-state index in [0.29, 0.717) is 43.9 Å². The fourth-order valence-electron chi connectivity index (χ4n) is 4.42. The van der Waals surface area contributed by atoms with E-state index >= 15 is 0 Å². The molecule has 8 heteroatoms. The summed E-state index contributed by atoms with van der Waals surface area (Å²) in [6.07, 6.45) is 3.32. The van der Waals surface area contributed by atoms with Crippen LogP contribution in [0.3, 0.4) is 0 Å². The Morgan fingerprint density at radius 1 is 1.12 bits per heavy atom. The molecular formula is C18H26N4O3S. The summed E-state index contributed by atoms with van der Waals surface area (Å²) in [6, 6.07) is 0.0892. The van der Waals surface area contributed by atoms with Gasteiger partial charge in [0.2, 0.25) is 0 Å². The summed E-state index contributed by atoms with van der Waals surface area (Å²) in [4.78, 5) is 36.0. The summed E-state index contributed by atoms with van der Waals surface area (Å²) >= 11 is 1.37. The van der Waals surface area contributed by atoms with Crippen molar-refractivity contribution in [3.8, 4) is 0 Å². The van der Waals surface area contributed by atoms with Crippen LogP contribution in [0.2, 0.25) is 0 Å². The van der Waals surface area contributed by atoms with Crippen molar-refractivity contribution in [1.82, 2.24) is 19.7 Å². The molecule has 1 N–H and O–H groups in total. The second-order valence-corrected chi connectivity index (χ2v) is 8.60. The monoisotopic (exact) mass is 378 g/mol. The fraction of sp³-hybridized carbons (Fsp3) is 0.722. The second-order valence-electron chi connectivity index (χ2n) is 7.74. The van der Waals surface area contributed by atoms with Crippen molar-refractivity contribution in [3.63, 3.8) is 0 Å². The number of piperidine rings is 2. The van der Waals surface area contributed by atoms with Crippen molar-refractivity contribution in [1.29, 1.82) is 0 Å². The summed E-state index contributed by atoms with van der Waals surface area (Å²) in [7, 11) is 0. The Morgan fingerprint density at radius 3 is 2.42 bits per heavy atom. The molecule has 26 heavy (non-hydrogen) atoms. The van der Waals surface area contributed by atoms with Crippen molar-refractivity contribution >= 4 is 23.3 Å². The van der Waals surface area contributed by atoms with Gasteiger partial charge in [0.25, 0.3) is 5.91 Å². The highest BCUT2D eigenvalue weighted by Crippen LogP contribution is 2.36. The van der Waals surface area contributed by atoms with E-state index in [1.807, 2.05) is 21.6 Å². The minimum Gasteiger partial charge on any atom is -0.389 e. The highest BCUT2D eigenvalue weighted by Gasteiger charge is 2.47. The van der Waals surface area contributed by atoms with Crippen molar-refractivity contribution in [3.05, 3.63) is 16.1 Å². The molecule has 3 saturated heterocycles. The van der Waals surface area contributed by atoms with Crippen LogP contribution in [0.4, 0.5) is 4.79 Å². The molecule has 0 spiro atoms. The SMILES string of the molecule is Cc1ncsc1C(=O)N1CC[C@@]2(O)CCN(C(=O)N3CCCC3)C[C@H]2C1. The Labute approximate surface area is 157 Å². The Balaban J connectivity index is 1.45. The predicted octanol–water partition coefficient (Wildman–Crippen LogP) is 1.57. The van der Waals surface area contributed by atoms with Gasteiger partial charge in [0.15, 0.2) is 0 Å². The van der Waals surface area contributed by atoms with E-state index in [2.05, 4.69) is 4.98 Å². The number of hydrogen-bond acceptors (Lipinski definition) is 5. The molecule has 0 radical (unpaired) electrons. The van der Waals surface area contributed by atoms with Crippen LogP contribution in [0.1, 0.15) is 41.0 Å². The van der Waals surface area contributed by atoms with Gasteiger partial charge in [-0.15, -0.1) is 11.3 Å². The number of aliphatic hydroxyl groups is 1. The summed E-state index contributed by atoms with van der Waals surface area (Å²) in [5.41, 5.74) is 1.69. The summed E-state index contributed by atoms with van der Waals surface area (Å²) < 4.78 is 0. The first-order valence-electron chi connectivity index (χ1n) is 9.43. The molecule has 0 saturated carbocycles. The lowest BCUT2D eigenvalue weighted by molar-refractivity contribution is -0.101. The number of fused-ring (bicyclic) bond motifs is 1. The molecule has 3 aliphatic heterocycles. The molecule has 3 aliphatic rings. The van der Waals surface area contributed by atoms with Gasteiger partial charge in [0.05, 0.1) is 16.8 Å². The quantitative estimate of drug-likeness (QED) is 0.805. The smallest absolute Gasteiger partial charge is 0.320 e. The number of amides is 3. The van der Waals surface area contributed by atoms with Gasteiger partial charge in [-0.1, -0.05) is 0 Å². The molecular weight excluding hydrogens is 352 g/mol. The Bertz CT molecular complexity index is 702. The molecule has 3 amide bonds. The lowest BCUT2D eigenvalue weighted by Crippen LogP contribution is -2.62. The standard InChI is InChI=1S/C18H26N4O3S/c1-13-15(26-12-19-13)16(23)21-8-4-18(25)5-9-22(11-14(18)10-21)17(24)20-6-2-3-7-20/h12,14,25H,2-11H2,1H3/t14-,18-/m1/s1. The van der Waals surface area contributed by atoms with Crippen molar-refractivity contribution in [2.45, 2.75) is 38.2 Å². The number of aryl methyl sites for hydroxylation is 1. The van der Waals surface area contributed by atoms with E-state index in [4.69, 9.17) is 0 Å². The van der Waals surface area contributed by atoms with Crippen molar-refractivity contribution in [2.75, 3.05) is 39.3 Å². The lowest BCUT2D eigenvalue weighted by atomic mass is 9.75. The van der Waals surface area contributed by atoms with E-state index in [1.54, 1.807) is 5.51 Å². The van der Waals surface area contributed by atoms with Gasteiger partial charge in [0, 0.05) is 45.2 Å². The van der Waals surface area contributed by atoms with Crippen LogP contribution in [0.5, 0.6) is 0 Å². The third kappa shape index (κ3) is 3.09. The molecule has 4 rings (SSSR count). The minimum absolute atomic E-state index is 0.00459. The lowest BCUT2D eigenvalue weighted by Gasteiger charge is -2.50. The van der Waals surface area contributed by atoms with E-state index in [9.17, 15) is 14.7 Å². The molecule has 0 unspecified atom stereocenters. The van der Waals surface area contributed by atoms with Crippen LogP contribution in [-0.4, -0.2) is 81.6 Å². The number of aromatic nitrogens is 1. The first-order valence-corrected chi connectivity index (χ1v) is 10.3. The van der Waals surface area contributed by atoms with Gasteiger partial charge < -0.3 is 19.8 Å². The maximum absolute atomic E-state index is 12.8. The molecule has 0 aliphatic carbocycles. The zero-order chi connectivity index (χ0) is 18.3. The summed E-state index contributed by atoms with van der Waals surface area (Å²) in [6.45, 7) is 5.70. The average Bonchev–Trinajstić information content (AvgIpc) is 3.31. The predicted molar refractivity (Wildman–Crippen MR) is 98.2 cm³/mol. The number of carbonyl (C=O) groups is 2. The number of rotatable bonds is 1. The number of nitrogens with zero attached hydrogens (tertiary/aromatic N) is 4. The molecule has 2 atom stereocenters. The van der Waals surface area contributed by atoms with E-state index in [0.717, 1.165) is 31.6 Å². The normalized spacial score (nSPS) is 29.0. The zero-order valence-corrected chi connectivity index (χ0v) is 16.0. The molecule has 0 bridgehead atoms. The van der Waals surface area contributed by atoms with Crippen LogP contribution in [0.25, 0.3) is 0 Å². The van der Waals surface area contributed by atoms with Gasteiger partial charge in [-0.05, 0) is 32.6 Å². The number of likely N-dealkylation sites (tertiary alicyclic amines) is 3. The Hall–Kier alpha value is -1.67. The van der Waals surface area contributed by atoms with Gasteiger partial charge in [-0.25, -0.2) is 9.78 Å². The van der Waals surface area contributed by atoms with Crippen LogP contribution in [0.15, 0.2) is 5.51 Å². The largest absolute Gasteiger partial charge is 0.389 e. The van der Waals surface area contributed by atoms with E-state index < -0.39 is 5.60 Å². The van der Waals surface area contributed by atoms with Crippen molar-refractivity contribution < 1.29 is 14.7 Å². The van der Waals surface area contributed by atoms with E-state index in [-0.39, 0.29) is 17.9 Å². The molecule has 142 valence electrons. The van der Waals surface area contributed by atoms with Crippen LogP contribution < -0.4 is 0 Å². The van der Waals surface area contributed by atoms with Crippen LogP contribution >= 0.6 is 11.3 Å². The van der Waals surface area contributed by atoms with Gasteiger partial charge in [0.1, 0.15) is 4.88 Å². The molecule has 7 nitrogen and oxygen atoms in total. The summed E-state index contributed by atoms with van der Waals surface area (Å²) in [5.74, 6) is -0.0937. The fourth-order valence-corrected chi connectivity index (χ4v) is 5.19. The van der Waals surface area contributed by atoms with Gasteiger partial charge in [-0.3, -0.25) is 4.79 Å². The van der Waals surface area contributed by atoms with Crippen LogP contribution in [-0.2, 0) is 0 Å². The number of hydrogen-bond donors (Lipinski definition) is 1. The average molecular weight is 378 g/mol. The van der Waals surface area contributed by atoms with Crippen LogP contribution in [0, 0.1) is 12.8 Å². The summed E-state index contributed by atoms with van der Waals surface area (Å²) in [5, 5.41) is 11.0.